The number of halogens is 6. The Balaban J connectivity index is 1.37. The summed E-state index contributed by atoms with van der Waals surface area (Å²) < 4.78 is 107. The highest BCUT2D eigenvalue weighted by molar-refractivity contribution is 7.90. The van der Waals surface area contributed by atoms with E-state index in [9.17, 15) is 44.3 Å². The minimum atomic E-state index is -5.23. The van der Waals surface area contributed by atoms with E-state index in [1.807, 2.05) is 0 Å². The Kier molecular flexibility index (Phi) is 6.99. The number of nitrogens with one attached hydrogen (secondary N) is 1. The maximum Gasteiger partial charge on any atom is 0.416 e. The molecule has 1 spiro atoms. The molecule has 2 amide bonds. The minimum Gasteiger partial charge on any atom is -0.342 e. The van der Waals surface area contributed by atoms with Gasteiger partial charge in [0.1, 0.15) is 0 Å². The van der Waals surface area contributed by atoms with E-state index in [2.05, 4.69) is 0 Å². The van der Waals surface area contributed by atoms with Crippen LogP contribution in [0.5, 0.6) is 0 Å². The number of benzene rings is 1. The second-order valence-electron chi connectivity index (χ2n) is 11.6. The van der Waals surface area contributed by atoms with Crippen molar-refractivity contribution in [1.82, 2.24) is 9.62 Å². The van der Waals surface area contributed by atoms with Crippen LogP contribution >= 0.6 is 0 Å². The molecule has 0 radical (unpaired) electrons. The monoisotopic (exact) mass is 580 g/mol. The van der Waals surface area contributed by atoms with Gasteiger partial charge in [-0.1, -0.05) is 25.7 Å². The Hall–Kier alpha value is -2.31. The summed E-state index contributed by atoms with van der Waals surface area (Å²) in [5, 5.41) is 0. The smallest absolute Gasteiger partial charge is 0.342 e. The fraction of sp³-hybridized carbons (Fsp3) is 0.692. The first-order valence-corrected chi connectivity index (χ1v) is 14.7. The average molecular weight is 581 g/mol. The third-order valence-corrected chi connectivity index (χ3v) is 10.7. The summed E-state index contributed by atoms with van der Waals surface area (Å²) >= 11 is 0. The van der Waals surface area contributed by atoms with Crippen molar-refractivity contribution in [2.24, 2.45) is 29.1 Å². The van der Waals surface area contributed by atoms with Crippen LogP contribution in [0.25, 0.3) is 0 Å². The molecule has 3 aliphatic carbocycles. The van der Waals surface area contributed by atoms with E-state index >= 15 is 0 Å². The molecule has 1 aliphatic heterocycles. The van der Waals surface area contributed by atoms with Crippen LogP contribution in [0.1, 0.15) is 68.9 Å². The third-order valence-electron chi connectivity index (χ3n) is 9.35. The van der Waals surface area contributed by atoms with Crippen LogP contribution in [0.3, 0.4) is 0 Å². The predicted molar refractivity (Wildman–Crippen MR) is 126 cm³/mol. The normalized spacial score (nSPS) is 29.5. The fourth-order valence-corrected chi connectivity index (χ4v) is 8.64. The highest BCUT2D eigenvalue weighted by Crippen LogP contribution is 2.66. The number of nitrogens with zero attached hydrogens (tertiary/aromatic N) is 1. The molecular weight excluding hydrogens is 550 g/mol. The van der Waals surface area contributed by atoms with Gasteiger partial charge in [-0.2, -0.15) is 26.3 Å². The molecule has 13 heteroatoms. The van der Waals surface area contributed by atoms with Gasteiger partial charge >= 0.3 is 12.4 Å². The van der Waals surface area contributed by atoms with Gasteiger partial charge in [-0.15, -0.1) is 0 Å². The SMILES string of the molecule is O=C(NS(=O)(=O)c1cc(C(F)(F)F)cc(C(F)(F)F)c1)C1C2CCCCC23CN(C(=O)CC2CCCC2)CC13. The molecular formula is C26H30F6N2O4S. The van der Waals surface area contributed by atoms with E-state index in [-0.39, 0.29) is 41.4 Å². The molecule has 216 valence electrons. The Morgan fingerprint density at radius 3 is 2.08 bits per heavy atom. The maximum absolute atomic E-state index is 13.3. The van der Waals surface area contributed by atoms with E-state index in [1.54, 1.807) is 9.62 Å². The zero-order valence-electron chi connectivity index (χ0n) is 21.1. The number of amides is 2. The summed E-state index contributed by atoms with van der Waals surface area (Å²) in [6.07, 6.45) is -2.67. The molecule has 0 aromatic heterocycles. The molecule has 5 rings (SSSR count). The van der Waals surface area contributed by atoms with Crippen LogP contribution < -0.4 is 4.72 Å². The number of alkyl halides is 6. The summed E-state index contributed by atoms with van der Waals surface area (Å²) in [7, 11) is -5.04. The molecule has 0 bridgehead atoms. The van der Waals surface area contributed by atoms with Gasteiger partial charge in [0.2, 0.25) is 11.8 Å². The molecule has 1 aromatic carbocycles. The van der Waals surface area contributed by atoms with Crippen molar-refractivity contribution >= 4 is 21.8 Å². The van der Waals surface area contributed by atoms with E-state index in [0.717, 1.165) is 44.9 Å². The number of hydrogen-bond acceptors (Lipinski definition) is 4. The first kappa shape index (κ1) is 28.2. The number of carbonyl (C=O) groups excluding carboxylic acids is 2. The topological polar surface area (TPSA) is 83.6 Å². The first-order valence-electron chi connectivity index (χ1n) is 13.3. The van der Waals surface area contributed by atoms with Crippen LogP contribution in [-0.4, -0.2) is 38.2 Å². The quantitative estimate of drug-likeness (QED) is 0.475. The molecule has 3 saturated carbocycles. The van der Waals surface area contributed by atoms with Crippen molar-refractivity contribution < 1.29 is 44.3 Å². The summed E-state index contributed by atoms with van der Waals surface area (Å²) in [6, 6.07) is 0.0178. The highest BCUT2D eigenvalue weighted by Gasteiger charge is 2.68. The van der Waals surface area contributed by atoms with Crippen molar-refractivity contribution in [3.8, 4) is 0 Å². The van der Waals surface area contributed by atoms with E-state index in [0.29, 0.717) is 31.8 Å². The lowest BCUT2D eigenvalue weighted by Crippen LogP contribution is -2.62. The Morgan fingerprint density at radius 2 is 1.49 bits per heavy atom. The molecule has 4 atom stereocenters. The number of sulfonamides is 1. The molecule has 4 aliphatic rings. The van der Waals surface area contributed by atoms with Gasteiger partial charge in [0.15, 0.2) is 0 Å². The van der Waals surface area contributed by atoms with Gasteiger partial charge in [0, 0.05) is 25.4 Å². The molecule has 4 fully saturated rings. The lowest BCUT2D eigenvalue weighted by molar-refractivity contribution is -0.156. The second-order valence-corrected chi connectivity index (χ2v) is 13.2. The second kappa shape index (κ2) is 9.66. The Morgan fingerprint density at radius 1 is 0.897 bits per heavy atom. The van der Waals surface area contributed by atoms with Crippen molar-refractivity contribution in [3.63, 3.8) is 0 Å². The predicted octanol–water partition coefficient (Wildman–Crippen LogP) is 5.37. The zero-order chi connectivity index (χ0) is 28.4. The third kappa shape index (κ3) is 5.15. The lowest BCUT2D eigenvalue weighted by Gasteiger charge is -2.59. The summed E-state index contributed by atoms with van der Waals surface area (Å²) in [5.41, 5.74) is -3.88. The molecule has 39 heavy (non-hydrogen) atoms. The standard InChI is InChI=1S/C26H30F6N2O4S/c27-25(28,29)16-10-17(26(30,31)32)12-18(11-16)39(37,38)33-23(36)22-19-7-3-4-8-24(19)14-34(13-20(22)24)21(35)9-15-5-1-2-6-15/h10-12,15,19-20,22H,1-9,13-14H2,(H,33,36). The number of likely N-dealkylation sites (tertiary alicyclic amines) is 1. The van der Waals surface area contributed by atoms with Crippen molar-refractivity contribution in [2.75, 3.05) is 13.1 Å². The maximum atomic E-state index is 13.3. The molecule has 1 N–H and O–H groups in total. The van der Waals surface area contributed by atoms with E-state index in [1.165, 1.54) is 0 Å². The van der Waals surface area contributed by atoms with Gasteiger partial charge < -0.3 is 4.90 Å². The van der Waals surface area contributed by atoms with Crippen LogP contribution in [0.2, 0.25) is 0 Å². The van der Waals surface area contributed by atoms with Gasteiger partial charge in [0.05, 0.1) is 16.0 Å². The van der Waals surface area contributed by atoms with Crippen molar-refractivity contribution in [2.45, 2.75) is 75.0 Å². The molecule has 6 nitrogen and oxygen atoms in total. The van der Waals surface area contributed by atoms with Gasteiger partial charge in [-0.25, -0.2) is 13.1 Å². The number of hydrogen-bond donors (Lipinski definition) is 1. The average Bonchev–Trinajstić information content (AvgIpc) is 3.43. The van der Waals surface area contributed by atoms with E-state index < -0.39 is 50.2 Å². The minimum absolute atomic E-state index is 0.0189. The van der Waals surface area contributed by atoms with Crippen LogP contribution in [-0.2, 0) is 32.0 Å². The van der Waals surface area contributed by atoms with Crippen LogP contribution in [0, 0.1) is 29.1 Å². The Labute approximate surface area is 222 Å². The largest absolute Gasteiger partial charge is 0.416 e. The lowest BCUT2D eigenvalue weighted by atomic mass is 9.43. The van der Waals surface area contributed by atoms with Crippen molar-refractivity contribution in [3.05, 3.63) is 29.3 Å². The summed E-state index contributed by atoms with van der Waals surface area (Å²) in [5.74, 6) is -1.89. The molecule has 4 unspecified atom stereocenters. The Bertz CT molecular complexity index is 1230. The van der Waals surface area contributed by atoms with Gasteiger partial charge in [0.25, 0.3) is 10.0 Å². The van der Waals surface area contributed by atoms with Crippen molar-refractivity contribution in [1.29, 1.82) is 0 Å². The van der Waals surface area contributed by atoms with Crippen LogP contribution in [0.15, 0.2) is 23.1 Å². The number of rotatable bonds is 5. The fourth-order valence-electron chi connectivity index (χ4n) is 7.56. The molecule has 1 aromatic rings. The van der Waals surface area contributed by atoms with Gasteiger partial charge in [-0.05, 0) is 67.1 Å². The zero-order valence-corrected chi connectivity index (χ0v) is 21.9. The van der Waals surface area contributed by atoms with E-state index in [4.69, 9.17) is 0 Å². The molecule has 1 heterocycles. The highest BCUT2D eigenvalue weighted by atomic mass is 32.2. The summed E-state index contributed by atoms with van der Waals surface area (Å²) in [6.45, 7) is 0.787. The number of carbonyl (C=O) groups is 2. The first-order chi connectivity index (χ1) is 18.1. The van der Waals surface area contributed by atoms with Gasteiger partial charge in [-0.3, -0.25) is 9.59 Å². The molecule has 1 saturated heterocycles. The summed E-state index contributed by atoms with van der Waals surface area (Å²) in [4.78, 5) is 26.8. The van der Waals surface area contributed by atoms with Crippen LogP contribution in [0.4, 0.5) is 26.3 Å².